The lowest BCUT2D eigenvalue weighted by Crippen LogP contribution is -2.63. The van der Waals surface area contributed by atoms with E-state index in [1.165, 1.54) is 41.9 Å². The molecule has 1 fully saturated rings. The van der Waals surface area contributed by atoms with Crippen molar-refractivity contribution < 1.29 is 33.5 Å². The maximum atomic E-state index is 13.5. The fourth-order valence-electron chi connectivity index (χ4n) is 4.07. The minimum Gasteiger partial charge on any atom is -0.464 e. The number of carbonyl (C=O) groups is 3. The Morgan fingerprint density at radius 1 is 1.26 bits per heavy atom. The zero-order valence-electron chi connectivity index (χ0n) is 20.3. The van der Waals surface area contributed by atoms with Gasteiger partial charge in [-0.1, -0.05) is 5.16 Å². The van der Waals surface area contributed by atoms with Crippen molar-refractivity contribution in [3.63, 3.8) is 0 Å². The second-order valence-corrected chi connectivity index (χ2v) is 8.59. The number of rotatable bonds is 6. The van der Waals surface area contributed by atoms with Crippen molar-refractivity contribution in [2.45, 2.75) is 18.6 Å². The summed E-state index contributed by atoms with van der Waals surface area (Å²) in [5, 5.41) is 22.1. The number of esters is 1. The quantitative estimate of drug-likeness (QED) is 0.306. The molecule has 0 aliphatic carbocycles. The van der Waals surface area contributed by atoms with Gasteiger partial charge in [-0.3, -0.25) is 14.5 Å². The number of fused-ring (bicyclic) bond motifs is 1. The number of ether oxygens (including phenoxy) is 2. The van der Waals surface area contributed by atoms with Gasteiger partial charge in [0.05, 0.1) is 31.3 Å². The molecule has 0 spiro atoms. The third kappa shape index (κ3) is 4.31. The van der Waals surface area contributed by atoms with Crippen molar-refractivity contribution in [1.82, 2.24) is 19.9 Å². The van der Waals surface area contributed by atoms with Crippen LogP contribution in [-0.4, -0.2) is 74.8 Å². The summed E-state index contributed by atoms with van der Waals surface area (Å²) in [5.74, 6) is -1.63. The molecular formula is C24H23N7O7. The third-order valence-electron chi connectivity index (χ3n) is 6.18. The summed E-state index contributed by atoms with van der Waals surface area (Å²) in [6.07, 6.45) is 1.18. The fourth-order valence-corrected chi connectivity index (χ4v) is 4.07. The van der Waals surface area contributed by atoms with Crippen molar-refractivity contribution in [2.75, 3.05) is 36.2 Å². The first kappa shape index (κ1) is 24.9. The molecule has 4 heterocycles. The van der Waals surface area contributed by atoms with E-state index in [1.807, 2.05) is 0 Å². The molecule has 2 amide bonds. The van der Waals surface area contributed by atoms with E-state index < -0.39 is 29.5 Å². The van der Waals surface area contributed by atoms with Crippen LogP contribution < -0.4 is 16.0 Å². The predicted molar refractivity (Wildman–Crippen MR) is 132 cm³/mol. The SMILES string of the molecule is COC(=O)c1cc(-n2ccc(N3CCOC(C)([C@@H](O)C(=O)Nc4ccc5c(N)noc5c4)C3=O)n2)ccn1. The van der Waals surface area contributed by atoms with E-state index in [0.717, 1.165) is 0 Å². The number of benzene rings is 1. The molecule has 14 nitrogen and oxygen atoms in total. The van der Waals surface area contributed by atoms with Crippen LogP contribution >= 0.6 is 0 Å². The van der Waals surface area contributed by atoms with Crippen molar-refractivity contribution in [3.05, 3.63) is 54.5 Å². The Morgan fingerprint density at radius 2 is 2.08 bits per heavy atom. The number of morpholine rings is 1. The highest BCUT2D eigenvalue weighted by Crippen LogP contribution is 2.29. The summed E-state index contributed by atoms with van der Waals surface area (Å²) in [6, 6.07) is 9.39. The molecule has 4 aromatic rings. The van der Waals surface area contributed by atoms with Crippen LogP contribution in [0.4, 0.5) is 17.3 Å². The van der Waals surface area contributed by atoms with E-state index in [-0.39, 0.29) is 30.5 Å². The van der Waals surface area contributed by atoms with Crippen LogP contribution in [0.25, 0.3) is 16.7 Å². The highest BCUT2D eigenvalue weighted by molar-refractivity contribution is 6.06. The summed E-state index contributed by atoms with van der Waals surface area (Å²) in [6.45, 7) is 1.53. The average Bonchev–Trinajstić information content (AvgIpc) is 3.56. The summed E-state index contributed by atoms with van der Waals surface area (Å²) in [7, 11) is 1.25. The van der Waals surface area contributed by atoms with Crippen LogP contribution in [0.15, 0.2) is 53.3 Å². The van der Waals surface area contributed by atoms with E-state index in [2.05, 4.69) is 20.6 Å². The molecule has 1 aromatic carbocycles. The van der Waals surface area contributed by atoms with Gasteiger partial charge in [-0.2, -0.15) is 0 Å². The van der Waals surface area contributed by atoms with E-state index >= 15 is 0 Å². The first-order chi connectivity index (χ1) is 18.2. The molecule has 5 rings (SSSR count). The Morgan fingerprint density at radius 3 is 2.87 bits per heavy atom. The molecule has 14 heteroatoms. The zero-order chi connectivity index (χ0) is 27.0. The summed E-state index contributed by atoms with van der Waals surface area (Å²) >= 11 is 0. The van der Waals surface area contributed by atoms with E-state index in [9.17, 15) is 19.5 Å². The van der Waals surface area contributed by atoms with Gasteiger partial charge in [-0.25, -0.2) is 14.5 Å². The number of nitrogens with zero attached hydrogens (tertiary/aromatic N) is 5. The van der Waals surface area contributed by atoms with Crippen LogP contribution in [0.5, 0.6) is 0 Å². The minimum absolute atomic E-state index is 0.0461. The fraction of sp³-hybridized carbons (Fsp3) is 0.250. The molecule has 2 atom stereocenters. The number of nitrogens with two attached hydrogens (primary N) is 1. The lowest BCUT2D eigenvalue weighted by atomic mass is 9.94. The Hall–Kier alpha value is -4.82. The van der Waals surface area contributed by atoms with Gasteiger partial charge in [0.1, 0.15) is 5.69 Å². The number of nitrogens with one attached hydrogen (secondary N) is 1. The summed E-state index contributed by atoms with van der Waals surface area (Å²) < 4.78 is 16.9. The first-order valence-corrected chi connectivity index (χ1v) is 11.4. The monoisotopic (exact) mass is 521 g/mol. The number of aliphatic hydroxyl groups excluding tert-OH is 1. The molecule has 1 aliphatic rings. The van der Waals surface area contributed by atoms with Gasteiger partial charge >= 0.3 is 5.97 Å². The van der Waals surface area contributed by atoms with E-state index in [4.69, 9.17) is 19.7 Å². The summed E-state index contributed by atoms with van der Waals surface area (Å²) in [4.78, 5) is 43.5. The summed E-state index contributed by atoms with van der Waals surface area (Å²) in [5.41, 5.74) is 5.09. The lowest BCUT2D eigenvalue weighted by Gasteiger charge is -2.40. The molecule has 0 bridgehead atoms. The maximum absolute atomic E-state index is 13.5. The van der Waals surface area contributed by atoms with Gasteiger partial charge in [-0.15, -0.1) is 5.10 Å². The number of hydrogen-bond acceptors (Lipinski definition) is 11. The zero-order valence-corrected chi connectivity index (χ0v) is 20.3. The Labute approximate surface area is 214 Å². The normalized spacial score (nSPS) is 18.4. The Kier molecular flexibility index (Phi) is 6.26. The highest BCUT2D eigenvalue weighted by Gasteiger charge is 2.51. The molecular weight excluding hydrogens is 498 g/mol. The molecule has 196 valence electrons. The second-order valence-electron chi connectivity index (χ2n) is 8.59. The number of hydrogen-bond donors (Lipinski definition) is 3. The molecule has 0 radical (unpaired) electrons. The standard InChI is InChI=1S/C24H23N7O7/c1-24(19(32)21(33)27-13-3-4-15-17(11-13)38-29-20(15)25)23(35)30(9-10-37-24)18-6-8-31(28-18)14-5-7-26-16(12-14)22(34)36-2/h3-8,11-12,19,32H,9-10H2,1-2H3,(H2,25,29)(H,27,33)/t19-,24?/m0/s1. The van der Waals surface area contributed by atoms with Crippen LogP contribution in [0.1, 0.15) is 17.4 Å². The second kappa shape index (κ2) is 9.57. The van der Waals surface area contributed by atoms with Gasteiger partial charge in [0.2, 0.25) is 0 Å². The number of aliphatic hydroxyl groups is 1. The molecule has 3 aromatic heterocycles. The average molecular weight is 521 g/mol. The molecule has 38 heavy (non-hydrogen) atoms. The minimum atomic E-state index is -1.89. The molecule has 1 unspecified atom stereocenters. The molecule has 1 saturated heterocycles. The van der Waals surface area contributed by atoms with Gasteiger partial charge in [0, 0.05) is 30.2 Å². The Balaban J connectivity index is 1.34. The maximum Gasteiger partial charge on any atom is 0.356 e. The number of aromatic nitrogens is 4. The largest absolute Gasteiger partial charge is 0.464 e. The van der Waals surface area contributed by atoms with Crippen LogP contribution in [0, 0.1) is 0 Å². The number of carbonyl (C=O) groups excluding carboxylic acids is 3. The number of methoxy groups -OCH3 is 1. The molecule has 1 aliphatic heterocycles. The number of amides is 2. The van der Waals surface area contributed by atoms with E-state index in [0.29, 0.717) is 22.3 Å². The van der Waals surface area contributed by atoms with Crippen LogP contribution in [0.2, 0.25) is 0 Å². The van der Waals surface area contributed by atoms with Gasteiger partial charge < -0.3 is 30.2 Å². The molecule has 4 N–H and O–H groups in total. The number of nitrogen functional groups attached to an aromatic ring is 1. The van der Waals surface area contributed by atoms with Gasteiger partial charge in [0.25, 0.3) is 11.8 Å². The lowest BCUT2D eigenvalue weighted by molar-refractivity contribution is -0.170. The van der Waals surface area contributed by atoms with Crippen molar-refractivity contribution in [1.29, 1.82) is 0 Å². The predicted octanol–water partition coefficient (Wildman–Crippen LogP) is 0.899. The van der Waals surface area contributed by atoms with Crippen molar-refractivity contribution >= 4 is 46.1 Å². The molecule has 0 saturated carbocycles. The highest BCUT2D eigenvalue weighted by atomic mass is 16.5. The van der Waals surface area contributed by atoms with E-state index in [1.54, 1.807) is 30.5 Å². The van der Waals surface area contributed by atoms with Crippen molar-refractivity contribution in [3.8, 4) is 5.69 Å². The first-order valence-electron chi connectivity index (χ1n) is 11.4. The number of pyridine rings is 1. The van der Waals surface area contributed by atoms with Crippen LogP contribution in [0.3, 0.4) is 0 Å². The van der Waals surface area contributed by atoms with Crippen molar-refractivity contribution in [2.24, 2.45) is 0 Å². The van der Waals surface area contributed by atoms with Crippen LogP contribution in [-0.2, 0) is 19.1 Å². The van der Waals surface area contributed by atoms with Gasteiger partial charge in [-0.05, 0) is 31.2 Å². The smallest absolute Gasteiger partial charge is 0.356 e. The topological polar surface area (TPSA) is 188 Å². The third-order valence-corrected chi connectivity index (χ3v) is 6.18. The van der Waals surface area contributed by atoms with Gasteiger partial charge in [0.15, 0.2) is 28.9 Å². The number of anilines is 3. The Bertz CT molecular complexity index is 1550.